The number of rotatable bonds is 3. The van der Waals surface area contributed by atoms with Crippen molar-refractivity contribution in [1.29, 1.82) is 5.26 Å². The van der Waals surface area contributed by atoms with Crippen LogP contribution in [0.1, 0.15) is 44.1 Å². The molecule has 7 rings (SSSR count). The highest BCUT2D eigenvalue weighted by Gasteiger charge is 2.59. The smallest absolute Gasteiger partial charge is 0.410 e. The number of aromatic nitrogens is 1. The predicted octanol–water partition coefficient (Wildman–Crippen LogP) is 2.28. The van der Waals surface area contributed by atoms with Gasteiger partial charge < -0.3 is 20.3 Å². The molecule has 2 N–H and O–H groups in total. The molecule has 2 amide bonds. The van der Waals surface area contributed by atoms with Crippen LogP contribution in [0.5, 0.6) is 0 Å². The number of ether oxygens (including phenoxy) is 1. The first kappa shape index (κ1) is 19.8. The Bertz CT molecular complexity index is 972. The molecule has 2 saturated heterocycles. The number of nitriles is 1. The van der Waals surface area contributed by atoms with Crippen molar-refractivity contribution >= 4 is 17.8 Å². The lowest BCUT2D eigenvalue weighted by Crippen LogP contribution is -2.59. The van der Waals surface area contributed by atoms with Gasteiger partial charge >= 0.3 is 6.09 Å². The van der Waals surface area contributed by atoms with E-state index in [1.54, 1.807) is 12.3 Å². The molecule has 0 radical (unpaired) electrons. The van der Waals surface area contributed by atoms with E-state index in [1.807, 2.05) is 11.0 Å². The Hall–Kier alpha value is -2.82. The van der Waals surface area contributed by atoms with Crippen LogP contribution in [-0.2, 0) is 9.53 Å². The van der Waals surface area contributed by atoms with Crippen molar-refractivity contribution in [3.8, 4) is 6.07 Å². The lowest BCUT2D eigenvalue weighted by molar-refractivity contribution is -0.161. The van der Waals surface area contributed by atoms with Gasteiger partial charge in [0.05, 0.1) is 17.0 Å². The second-order valence-corrected chi connectivity index (χ2v) is 10.7. The molecule has 32 heavy (non-hydrogen) atoms. The summed E-state index contributed by atoms with van der Waals surface area (Å²) in [5.41, 5.74) is 5.98. The Balaban J connectivity index is 1.12. The molecule has 6 aliphatic rings. The van der Waals surface area contributed by atoms with Gasteiger partial charge in [-0.15, -0.1) is 0 Å². The Morgan fingerprint density at radius 2 is 1.94 bits per heavy atom. The van der Waals surface area contributed by atoms with Gasteiger partial charge in [-0.1, -0.05) is 0 Å². The van der Waals surface area contributed by atoms with Crippen molar-refractivity contribution in [3.05, 3.63) is 23.9 Å². The summed E-state index contributed by atoms with van der Waals surface area (Å²) in [6.07, 6.45) is 6.90. The maximum Gasteiger partial charge on any atom is 0.410 e. The minimum atomic E-state index is -0.362. The first-order chi connectivity index (χ1) is 15.5. The molecule has 1 aromatic heterocycles. The van der Waals surface area contributed by atoms with Crippen molar-refractivity contribution in [2.75, 3.05) is 24.5 Å². The molecule has 4 saturated carbocycles. The van der Waals surface area contributed by atoms with Crippen LogP contribution in [0, 0.1) is 40.4 Å². The molecule has 7 atom stereocenters. The van der Waals surface area contributed by atoms with Crippen molar-refractivity contribution in [1.82, 2.24) is 9.88 Å². The normalized spacial score (nSPS) is 39.1. The van der Waals surface area contributed by atoms with Crippen LogP contribution in [0.15, 0.2) is 18.3 Å². The van der Waals surface area contributed by atoms with Crippen LogP contribution >= 0.6 is 0 Å². The zero-order valence-corrected chi connectivity index (χ0v) is 18.2. The molecule has 168 valence electrons. The van der Waals surface area contributed by atoms with Gasteiger partial charge in [-0.2, -0.15) is 5.26 Å². The molecule has 8 heteroatoms. The Morgan fingerprint density at radius 3 is 2.59 bits per heavy atom. The fourth-order valence-corrected chi connectivity index (χ4v) is 7.68. The number of likely N-dealkylation sites (tertiary alicyclic amines) is 1. The van der Waals surface area contributed by atoms with Gasteiger partial charge in [-0.25, -0.2) is 9.78 Å². The van der Waals surface area contributed by atoms with Gasteiger partial charge in [0.25, 0.3) is 0 Å². The Labute approximate surface area is 187 Å². The summed E-state index contributed by atoms with van der Waals surface area (Å²) in [5, 5.41) is 9.01. The van der Waals surface area contributed by atoms with Gasteiger partial charge in [-0.05, 0) is 68.4 Å². The Morgan fingerprint density at radius 1 is 1.16 bits per heavy atom. The molecular weight excluding hydrogens is 406 g/mol. The van der Waals surface area contributed by atoms with E-state index < -0.39 is 0 Å². The summed E-state index contributed by atoms with van der Waals surface area (Å²) >= 11 is 0. The Kier molecular flexibility index (Phi) is 4.40. The number of fused-ring (bicyclic) bond motifs is 1. The summed E-state index contributed by atoms with van der Waals surface area (Å²) in [7, 11) is 0. The van der Waals surface area contributed by atoms with Gasteiger partial charge in [0, 0.05) is 31.7 Å². The average Bonchev–Trinajstić information content (AvgIpc) is 3.37. The molecule has 8 nitrogen and oxygen atoms in total. The minimum absolute atomic E-state index is 0.0803. The molecule has 4 aliphatic carbocycles. The van der Waals surface area contributed by atoms with E-state index in [0.717, 1.165) is 50.9 Å². The number of hydrogen-bond donors (Lipinski definition) is 1. The SMILES string of the molecule is N#Cc1ccc(N2CCC3CN(C(=O)OC4C5CC6C[C@H]4C[C@@](C(N)=O)(C6)C5)CC32)nc1. The number of anilines is 1. The lowest BCUT2D eigenvalue weighted by Gasteiger charge is -2.58. The zero-order valence-electron chi connectivity index (χ0n) is 18.2. The van der Waals surface area contributed by atoms with Crippen molar-refractivity contribution in [2.45, 2.75) is 50.7 Å². The fourth-order valence-electron chi connectivity index (χ4n) is 7.68. The lowest BCUT2D eigenvalue weighted by atomic mass is 9.48. The molecule has 4 bridgehead atoms. The van der Waals surface area contributed by atoms with E-state index in [9.17, 15) is 9.59 Å². The number of carbonyl (C=O) groups is 2. The van der Waals surface area contributed by atoms with Crippen LogP contribution in [-0.4, -0.2) is 53.7 Å². The summed E-state index contributed by atoms with van der Waals surface area (Å²) in [5.74, 6) is 2.19. The third kappa shape index (κ3) is 2.97. The quantitative estimate of drug-likeness (QED) is 0.779. The summed E-state index contributed by atoms with van der Waals surface area (Å²) in [6, 6.07) is 6.03. The van der Waals surface area contributed by atoms with Crippen LogP contribution in [0.25, 0.3) is 0 Å². The van der Waals surface area contributed by atoms with Crippen LogP contribution in [0.4, 0.5) is 10.6 Å². The second-order valence-electron chi connectivity index (χ2n) is 10.7. The molecule has 0 spiro atoms. The number of nitrogens with two attached hydrogens (primary N) is 1. The number of amides is 2. The van der Waals surface area contributed by atoms with E-state index in [1.165, 1.54) is 0 Å². The summed E-state index contributed by atoms with van der Waals surface area (Å²) in [4.78, 5) is 33.9. The molecular formula is C24H29N5O3. The van der Waals surface area contributed by atoms with Crippen molar-refractivity contribution < 1.29 is 14.3 Å². The van der Waals surface area contributed by atoms with E-state index in [2.05, 4.69) is 16.0 Å². The van der Waals surface area contributed by atoms with Gasteiger partial charge in [0.2, 0.25) is 5.91 Å². The monoisotopic (exact) mass is 435 g/mol. The molecule has 6 fully saturated rings. The number of pyridine rings is 1. The third-order valence-electron chi connectivity index (χ3n) is 8.92. The van der Waals surface area contributed by atoms with E-state index in [0.29, 0.717) is 30.5 Å². The number of nitrogens with zero attached hydrogens (tertiary/aromatic N) is 4. The summed E-state index contributed by atoms with van der Waals surface area (Å²) in [6.45, 7) is 2.27. The highest BCUT2D eigenvalue weighted by Crippen LogP contribution is 2.60. The molecule has 0 aromatic carbocycles. The van der Waals surface area contributed by atoms with E-state index in [-0.39, 0.29) is 41.4 Å². The van der Waals surface area contributed by atoms with E-state index in [4.69, 9.17) is 15.7 Å². The largest absolute Gasteiger partial charge is 0.446 e. The van der Waals surface area contributed by atoms with Gasteiger partial charge in [-0.3, -0.25) is 4.79 Å². The summed E-state index contributed by atoms with van der Waals surface area (Å²) < 4.78 is 6.14. The maximum absolute atomic E-state index is 13.2. The topological polar surface area (TPSA) is 113 Å². The van der Waals surface area contributed by atoms with Crippen LogP contribution in [0.3, 0.4) is 0 Å². The van der Waals surface area contributed by atoms with Crippen LogP contribution in [0.2, 0.25) is 0 Å². The average molecular weight is 436 g/mol. The molecule has 1 aromatic rings. The third-order valence-corrected chi connectivity index (χ3v) is 8.92. The van der Waals surface area contributed by atoms with Gasteiger partial charge in [0.1, 0.15) is 18.0 Å². The highest BCUT2D eigenvalue weighted by molar-refractivity contribution is 5.81. The van der Waals surface area contributed by atoms with Gasteiger partial charge in [0.15, 0.2) is 0 Å². The predicted molar refractivity (Wildman–Crippen MR) is 115 cm³/mol. The standard InChI is InChI=1S/C24H29N5O3/c25-10-14-1-2-20(27-11-14)29-4-3-16-12-28(13-19(16)29)23(31)32-21-17-5-15-6-18(21)9-24(7-15,8-17)22(26)30/h1-2,11,15-19,21H,3-9,12-13H2,(H2,26,30)/t15?,16?,17-,18?,19?,21?,24-/m0/s1. The number of primary amides is 1. The maximum atomic E-state index is 13.2. The molecule has 2 aliphatic heterocycles. The first-order valence-corrected chi connectivity index (χ1v) is 11.8. The zero-order chi connectivity index (χ0) is 22.0. The van der Waals surface area contributed by atoms with Crippen molar-refractivity contribution in [3.63, 3.8) is 0 Å². The van der Waals surface area contributed by atoms with E-state index >= 15 is 0 Å². The second kappa shape index (κ2) is 7.09. The van der Waals surface area contributed by atoms with Crippen LogP contribution < -0.4 is 10.6 Å². The van der Waals surface area contributed by atoms with Crippen molar-refractivity contribution in [2.24, 2.45) is 34.8 Å². The molecule has 5 unspecified atom stereocenters. The minimum Gasteiger partial charge on any atom is -0.446 e. The molecule has 3 heterocycles. The fraction of sp³-hybridized carbons (Fsp3) is 0.667. The number of hydrogen-bond acceptors (Lipinski definition) is 6. The first-order valence-electron chi connectivity index (χ1n) is 11.8. The number of carbonyl (C=O) groups excluding carboxylic acids is 2. The highest BCUT2D eigenvalue weighted by atomic mass is 16.6.